The summed E-state index contributed by atoms with van der Waals surface area (Å²) in [7, 11) is 1.44. The first kappa shape index (κ1) is 10.5. The molecule has 0 N–H and O–H groups in total. The van der Waals surface area contributed by atoms with Gasteiger partial charge < -0.3 is 4.74 Å². The molecule has 0 amide bonds. The van der Waals surface area contributed by atoms with Gasteiger partial charge in [0.1, 0.15) is 0 Å². The third kappa shape index (κ3) is 2.69. The van der Waals surface area contributed by atoms with Crippen LogP contribution in [0.3, 0.4) is 0 Å². The van der Waals surface area contributed by atoms with Crippen molar-refractivity contribution in [3.63, 3.8) is 0 Å². The zero-order chi connectivity index (χ0) is 9.84. The molecule has 13 heavy (non-hydrogen) atoms. The first-order valence-electron chi connectivity index (χ1n) is 4.96. The van der Waals surface area contributed by atoms with Crippen molar-refractivity contribution in [1.29, 1.82) is 0 Å². The number of rotatable bonds is 2. The number of carbonyl (C=O) groups is 1. The molecule has 1 rings (SSSR count). The fourth-order valence-electron chi connectivity index (χ4n) is 1.87. The molecule has 0 spiro atoms. The molecule has 0 bridgehead atoms. The summed E-state index contributed by atoms with van der Waals surface area (Å²) in [6.45, 7) is 5.91. The topological polar surface area (TPSA) is 29.5 Å². The number of hydrogen-bond donors (Lipinski definition) is 0. The van der Waals surface area contributed by atoms with Crippen molar-refractivity contribution >= 4 is 5.97 Å². The van der Waals surface area contributed by atoms with Crippen LogP contribution in [0.2, 0.25) is 0 Å². The molecule has 0 aromatic heterocycles. The summed E-state index contributed by atoms with van der Waals surface area (Å²) in [6.07, 6.45) is 2.47. The number of esters is 1. The lowest BCUT2D eigenvalue weighted by Gasteiger charge is -2.36. The van der Waals surface area contributed by atoms with Gasteiger partial charge in [0.25, 0.3) is 0 Å². The smallest absolute Gasteiger partial charge is 0.319 e. The second-order valence-electron chi connectivity index (χ2n) is 3.91. The lowest BCUT2D eigenvalue weighted by Crippen LogP contribution is -2.45. The van der Waals surface area contributed by atoms with Gasteiger partial charge in [-0.25, -0.2) is 0 Å². The van der Waals surface area contributed by atoms with Gasteiger partial charge in [0.15, 0.2) is 0 Å². The summed E-state index contributed by atoms with van der Waals surface area (Å²) < 4.78 is 4.66. The number of methoxy groups -OCH3 is 1. The Balaban J connectivity index is 2.43. The number of carbonyl (C=O) groups excluding carboxylic acids is 1. The number of likely N-dealkylation sites (tertiary alicyclic amines) is 1. The van der Waals surface area contributed by atoms with Crippen molar-refractivity contribution in [1.82, 2.24) is 4.90 Å². The molecule has 2 atom stereocenters. The first-order valence-corrected chi connectivity index (χ1v) is 4.96. The monoisotopic (exact) mass is 185 g/mol. The zero-order valence-electron chi connectivity index (χ0n) is 8.75. The van der Waals surface area contributed by atoms with Gasteiger partial charge >= 0.3 is 5.97 Å². The van der Waals surface area contributed by atoms with Crippen LogP contribution in [0.1, 0.15) is 26.7 Å². The van der Waals surface area contributed by atoms with E-state index < -0.39 is 0 Å². The van der Waals surface area contributed by atoms with E-state index in [1.165, 1.54) is 20.0 Å². The zero-order valence-corrected chi connectivity index (χ0v) is 8.75. The van der Waals surface area contributed by atoms with E-state index in [1.807, 2.05) is 0 Å². The fraction of sp³-hybridized carbons (Fsp3) is 0.900. The Kier molecular flexibility index (Phi) is 3.72. The van der Waals surface area contributed by atoms with E-state index in [4.69, 9.17) is 0 Å². The molecular formula is C10H19NO2. The lowest BCUT2D eigenvalue weighted by molar-refractivity contribution is -0.143. The molecule has 1 aliphatic heterocycles. The van der Waals surface area contributed by atoms with Crippen molar-refractivity contribution in [2.75, 3.05) is 20.2 Å². The molecule has 76 valence electrons. The van der Waals surface area contributed by atoms with Gasteiger partial charge in [0.2, 0.25) is 0 Å². The summed E-state index contributed by atoms with van der Waals surface area (Å²) in [6, 6.07) is 0.507. The van der Waals surface area contributed by atoms with Crippen LogP contribution < -0.4 is 0 Å². The van der Waals surface area contributed by atoms with Gasteiger partial charge in [-0.15, -0.1) is 0 Å². The molecule has 1 heterocycles. The highest BCUT2D eigenvalue weighted by Gasteiger charge is 2.25. The molecule has 3 heteroatoms. The van der Waals surface area contributed by atoms with Gasteiger partial charge in [-0.2, -0.15) is 0 Å². The van der Waals surface area contributed by atoms with Crippen molar-refractivity contribution < 1.29 is 9.53 Å². The van der Waals surface area contributed by atoms with Crippen molar-refractivity contribution in [2.24, 2.45) is 5.92 Å². The van der Waals surface area contributed by atoms with Gasteiger partial charge in [-0.3, -0.25) is 9.69 Å². The maximum Gasteiger partial charge on any atom is 0.319 e. The number of nitrogens with zero attached hydrogens (tertiary/aromatic N) is 1. The second kappa shape index (κ2) is 4.61. The summed E-state index contributed by atoms with van der Waals surface area (Å²) >= 11 is 0. The molecule has 2 unspecified atom stereocenters. The quantitative estimate of drug-likeness (QED) is 0.607. The van der Waals surface area contributed by atoms with Crippen molar-refractivity contribution in [2.45, 2.75) is 32.7 Å². The van der Waals surface area contributed by atoms with Gasteiger partial charge in [0, 0.05) is 6.04 Å². The number of hydrogen-bond acceptors (Lipinski definition) is 3. The maximum atomic E-state index is 11.1. The summed E-state index contributed by atoms with van der Waals surface area (Å²) in [4.78, 5) is 13.3. The van der Waals surface area contributed by atoms with Crippen LogP contribution in [0, 0.1) is 5.92 Å². The average Bonchev–Trinajstić information content (AvgIpc) is 2.13. The Morgan fingerprint density at radius 1 is 1.54 bits per heavy atom. The van der Waals surface area contributed by atoms with Crippen LogP contribution in [0.25, 0.3) is 0 Å². The Morgan fingerprint density at radius 2 is 2.23 bits per heavy atom. The minimum absolute atomic E-state index is 0.124. The minimum Gasteiger partial charge on any atom is -0.468 e. The Bertz CT molecular complexity index is 182. The van der Waals surface area contributed by atoms with E-state index in [-0.39, 0.29) is 5.97 Å². The minimum atomic E-state index is -0.124. The molecule has 1 aliphatic rings. The normalized spacial score (nSPS) is 30.1. The lowest BCUT2D eigenvalue weighted by atomic mass is 9.92. The van der Waals surface area contributed by atoms with Gasteiger partial charge in [-0.05, 0) is 32.2 Å². The van der Waals surface area contributed by atoms with Crippen LogP contribution in [0.15, 0.2) is 0 Å². The molecule has 0 aromatic rings. The first-order chi connectivity index (χ1) is 6.15. The second-order valence-corrected chi connectivity index (χ2v) is 3.91. The van der Waals surface area contributed by atoms with E-state index in [9.17, 15) is 4.79 Å². The molecule has 1 saturated heterocycles. The number of piperidine rings is 1. The summed E-state index contributed by atoms with van der Waals surface area (Å²) in [5.74, 6) is 0.569. The van der Waals surface area contributed by atoms with Gasteiger partial charge in [-0.1, -0.05) is 6.92 Å². The van der Waals surface area contributed by atoms with Crippen LogP contribution in [-0.2, 0) is 9.53 Å². The number of ether oxygens (including phenoxy) is 1. The predicted molar refractivity (Wildman–Crippen MR) is 51.4 cm³/mol. The third-order valence-corrected chi connectivity index (χ3v) is 3.06. The van der Waals surface area contributed by atoms with E-state index >= 15 is 0 Å². The van der Waals surface area contributed by atoms with E-state index in [0.29, 0.717) is 18.5 Å². The molecule has 0 aliphatic carbocycles. The maximum absolute atomic E-state index is 11.1. The Hall–Kier alpha value is -0.570. The molecular weight excluding hydrogens is 166 g/mol. The van der Waals surface area contributed by atoms with Crippen LogP contribution in [0.4, 0.5) is 0 Å². The standard InChI is InChI=1S/C10H19NO2/c1-8-5-4-6-11(9(8)2)7-10(12)13-3/h8-9H,4-7H2,1-3H3. The molecule has 0 radical (unpaired) electrons. The Morgan fingerprint density at radius 3 is 2.85 bits per heavy atom. The van der Waals surface area contributed by atoms with Crippen LogP contribution in [-0.4, -0.2) is 37.1 Å². The summed E-state index contributed by atoms with van der Waals surface area (Å²) in [5, 5.41) is 0. The highest BCUT2D eigenvalue weighted by Crippen LogP contribution is 2.22. The van der Waals surface area contributed by atoms with E-state index in [1.54, 1.807) is 0 Å². The van der Waals surface area contributed by atoms with Crippen molar-refractivity contribution in [3.8, 4) is 0 Å². The fourth-order valence-corrected chi connectivity index (χ4v) is 1.87. The van der Waals surface area contributed by atoms with E-state index in [2.05, 4.69) is 23.5 Å². The molecule has 0 saturated carbocycles. The Labute approximate surface area is 80.1 Å². The molecule has 0 aromatic carbocycles. The third-order valence-electron chi connectivity index (χ3n) is 3.06. The largest absolute Gasteiger partial charge is 0.468 e. The highest BCUT2D eigenvalue weighted by atomic mass is 16.5. The molecule has 1 fully saturated rings. The SMILES string of the molecule is COC(=O)CN1CCCC(C)C1C. The molecule has 3 nitrogen and oxygen atoms in total. The van der Waals surface area contributed by atoms with Crippen LogP contribution in [0.5, 0.6) is 0 Å². The van der Waals surface area contributed by atoms with E-state index in [0.717, 1.165) is 6.54 Å². The van der Waals surface area contributed by atoms with Crippen LogP contribution >= 0.6 is 0 Å². The van der Waals surface area contributed by atoms with Crippen molar-refractivity contribution in [3.05, 3.63) is 0 Å². The van der Waals surface area contributed by atoms with Gasteiger partial charge in [0.05, 0.1) is 13.7 Å². The summed E-state index contributed by atoms with van der Waals surface area (Å²) in [5.41, 5.74) is 0. The predicted octanol–water partition coefficient (Wildman–Crippen LogP) is 1.28. The highest BCUT2D eigenvalue weighted by molar-refractivity contribution is 5.71. The average molecular weight is 185 g/mol.